The van der Waals surface area contributed by atoms with Gasteiger partial charge in [-0.2, -0.15) is 0 Å². The van der Waals surface area contributed by atoms with Crippen LogP contribution in [0.3, 0.4) is 0 Å². The van der Waals surface area contributed by atoms with Crippen LogP contribution in [0.15, 0.2) is 17.4 Å². The Morgan fingerprint density at radius 3 is 2.78 bits per heavy atom. The van der Waals surface area contributed by atoms with Crippen LogP contribution in [-0.2, 0) is 9.63 Å². The zero-order valence-corrected chi connectivity index (χ0v) is 4.87. The van der Waals surface area contributed by atoms with E-state index in [2.05, 4.69) is 21.6 Å². The molecule has 0 amide bonds. The Morgan fingerprint density at radius 2 is 2.44 bits per heavy atom. The van der Waals surface area contributed by atoms with Crippen molar-refractivity contribution < 1.29 is 9.63 Å². The molecular formula is C4H5N3O2. The molecule has 5 nitrogen and oxygen atoms in total. The lowest BCUT2D eigenvalue weighted by molar-refractivity contribution is -0.139. The first kappa shape index (κ1) is 7.52. The summed E-state index contributed by atoms with van der Waals surface area (Å²) in [5, 5.41) is 2.56. The minimum absolute atomic E-state index is 0.197. The van der Waals surface area contributed by atoms with Crippen LogP contribution in [0.25, 0.3) is 10.4 Å². The fraction of sp³-hybridized carbons (Fsp3) is 0.250. The molecule has 0 fully saturated rings. The predicted octanol–water partition coefficient (Wildman–Crippen LogP) is 1.33. The van der Waals surface area contributed by atoms with E-state index in [0.29, 0.717) is 0 Å². The second kappa shape index (κ2) is 3.51. The van der Waals surface area contributed by atoms with Gasteiger partial charge in [0.2, 0.25) is 0 Å². The molecule has 0 bridgehead atoms. The van der Waals surface area contributed by atoms with Gasteiger partial charge in [-0.3, -0.25) is 0 Å². The fourth-order valence-corrected chi connectivity index (χ4v) is 0.133. The number of azide groups is 1. The lowest BCUT2D eigenvalue weighted by Crippen LogP contribution is -1.98. The van der Waals surface area contributed by atoms with Crippen LogP contribution >= 0.6 is 0 Å². The Bertz CT molecular complexity index is 180. The van der Waals surface area contributed by atoms with Crippen LogP contribution in [0, 0.1) is 0 Å². The number of hydrogen-bond donors (Lipinski definition) is 0. The van der Waals surface area contributed by atoms with Crippen molar-refractivity contribution in [2.75, 3.05) is 0 Å². The highest BCUT2D eigenvalue weighted by molar-refractivity contribution is 5.86. The Labute approximate surface area is 51.5 Å². The van der Waals surface area contributed by atoms with Crippen molar-refractivity contribution in [2.24, 2.45) is 5.28 Å². The molecule has 5 heteroatoms. The number of hydrogen-bond acceptors (Lipinski definition) is 3. The maximum Gasteiger partial charge on any atom is 0.344 e. The average Bonchev–Trinajstić information content (AvgIpc) is 1.82. The molecule has 0 aliphatic carbocycles. The zero-order chi connectivity index (χ0) is 7.28. The molecule has 9 heavy (non-hydrogen) atoms. The largest absolute Gasteiger partial charge is 0.355 e. The van der Waals surface area contributed by atoms with Crippen molar-refractivity contribution in [1.82, 2.24) is 0 Å². The highest BCUT2D eigenvalue weighted by atomic mass is 16.7. The third kappa shape index (κ3) is 3.13. The van der Waals surface area contributed by atoms with Crippen molar-refractivity contribution >= 4 is 5.97 Å². The smallest absolute Gasteiger partial charge is 0.344 e. The minimum Gasteiger partial charge on any atom is -0.355 e. The number of carbonyl (C=O) groups is 1. The summed E-state index contributed by atoms with van der Waals surface area (Å²) in [5.41, 5.74) is 7.85. The molecule has 0 saturated heterocycles. The molecule has 0 rings (SSSR count). The third-order valence-electron chi connectivity index (χ3n) is 0.509. The first-order chi connectivity index (χ1) is 4.18. The quantitative estimate of drug-likeness (QED) is 0.184. The lowest BCUT2D eigenvalue weighted by atomic mass is 10.4. The van der Waals surface area contributed by atoms with E-state index in [4.69, 9.17) is 5.53 Å². The summed E-state index contributed by atoms with van der Waals surface area (Å²) in [5.74, 6) is -0.715. The molecule has 0 unspecified atom stereocenters. The van der Waals surface area contributed by atoms with Gasteiger partial charge in [0, 0.05) is 10.5 Å². The van der Waals surface area contributed by atoms with Crippen molar-refractivity contribution in [3.63, 3.8) is 0 Å². The van der Waals surface area contributed by atoms with E-state index in [1.807, 2.05) is 0 Å². The molecule has 0 N–H and O–H groups in total. The zero-order valence-electron chi connectivity index (χ0n) is 4.87. The topological polar surface area (TPSA) is 75.1 Å². The van der Waals surface area contributed by atoms with Gasteiger partial charge in [0.25, 0.3) is 0 Å². The Balaban J connectivity index is 3.78. The second-order valence-electron chi connectivity index (χ2n) is 1.33. The molecule has 0 aliphatic heterocycles. The number of carbonyl (C=O) groups excluding carboxylic acids is 1. The highest BCUT2D eigenvalue weighted by Crippen LogP contribution is 1.91. The van der Waals surface area contributed by atoms with Gasteiger partial charge in [0.1, 0.15) is 5.28 Å². The van der Waals surface area contributed by atoms with E-state index >= 15 is 0 Å². The Hall–Kier alpha value is -1.48. The fourth-order valence-electron chi connectivity index (χ4n) is 0.133. The molecule has 0 aromatic carbocycles. The van der Waals surface area contributed by atoms with Crippen LogP contribution in [0.2, 0.25) is 0 Å². The molecule has 0 aromatic rings. The summed E-state index contributed by atoms with van der Waals surface area (Å²) in [6.45, 7) is 4.70. The molecule has 0 aliphatic rings. The third-order valence-corrected chi connectivity index (χ3v) is 0.509. The van der Waals surface area contributed by atoms with Crippen molar-refractivity contribution in [1.29, 1.82) is 0 Å². The van der Waals surface area contributed by atoms with Crippen LogP contribution in [0.4, 0.5) is 0 Å². The Kier molecular flexibility index (Phi) is 2.94. The summed E-state index contributed by atoms with van der Waals surface area (Å²) in [6, 6.07) is 0. The van der Waals surface area contributed by atoms with Crippen LogP contribution in [0.1, 0.15) is 6.92 Å². The molecule has 0 atom stereocenters. The van der Waals surface area contributed by atoms with Crippen molar-refractivity contribution in [2.45, 2.75) is 6.92 Å². The summed E-state index contributed by atoms with van der Waals surface area (Å²) < 4.78 is 0. The van der Waals surface area contributed by atoms with Gasteiger partial charge in [-0.05, 0) is 12.5 Å². The highest BCUT2D eigenvalue weighted by Gasteiger charge is 1.98. The van der Waals surface area contributed by atoms with E-state index in [0.717, 1.165) is 0 Å². The van der Waals surface area contributed by atoms with Gasteiger partial charge in [-0.25, -0.2) is 4.79 Å². The van der Waals surface area contributed by atoms with Crippen molar-refractivity contribution in [3.05, 3.63) is 22.6 Å². The van der Waals surface area contributed by atoms with Gasteiger partial charge in [-0.1, -0.05) is 6.58 Å². The number of nitrogens with zero attached hydrogens (tertiary/aromatic N) is 3. The van der Waals surface area contributed by atoms with Crippen LogP contribution in [0.5, 0.6) is 0 Å². The van der Waals surface area contributed by atoms with Gasteiger partial charge in [0.05, 0.1) is 0 Å². The van der Waals surface area contributed by atoms with Crippen molar-refractivity contribution in [3.8, 4) is 0 Å². The second-order valence-corrected chi connectivity index (χ2v) is 1.33. The standard InChI is InChI=1S/C4H5N3O2/c1-3(2)4(8)9-7-6-5/h1H2,2H3. The van der Waals surface area contributed by atoms with Gasteiger partial charge >= 0.3 is 5.97 Å². The van der Waals surface area contributed by atoms with E-state index in [-0.39, 0.29) is 5.57 Å². The SMILES string of the molecule is C=C(C)C(=O)ON=[N+]=[N-]. The van der Waals surface area contributed by atoms with Crippen LogP contribution in [-0.4, -0.2) is 5.97 Å². The maximum absolute atomic E-state index is 10.3. The van der Waals surface area contributed by atoms with E-state index < -0.39 is 5.97 Å². The molecule has 0 spiro atoms. The lowest BCUT2D eigenvalue weighted by Gasteiger charge is -1.90. The molecule has 0 aromatic heterocycles. The minimum atomic E-state index is -0.715. The predicted molar refractivity (Wildman–Crippen MR) is 30.1 cm³/mol. The van der Waals surface area contributed by atoms with Gasteiger partial charge in [0.15, 0.2) is 0 Å². The molecule has 0 heterocycles. The molecule has 0 radical (unpaired) electrons. The number of rotatable bonds is 2. The van der Waals surface area contributed by atoms with E-state index in [1.165, 1.54) is 6.92 Å². The summed E-state index contributed by atoms with van der Waals surface area (Å²) in [7, 11) is 0. The molecule has 0 saturated carbocycles. The Morgan fingerprint density at radius 1 is 1.89 bits per heavy atom. The van der Waals surface area contributed by atoms with E-state index in [1.54, 1.807) is 0 Å². The summed E-state index contributed by atoms with van der Waals surface area (Å²) in [4.78, 5) is 16.4. The molecular weight excluding hydrogens is 122 g/mol. The van der Waals surface area contributed by atoms with Gasteiger partial charge in [-0.15, -0.1) is 0 Å². The first-order valence-corrected chi connectivity index (χ1v) is 2.09. The maximum atomic E-state index is 10.3. The van der Waals surface area contributed by atoms with E-state index in [9.17, 15) is 4.79 Å². The molecule has 48 valence electrons. The first-order valence-electron chi connectivity index (χ1n) is 2.09. The summed E-state index contributed by atoms with van der Waals surface area (Å²) >= 11 is 0. The normalized spacial score (nSPS) is 7.22. The summed E-state index contributed by atoms with van der Waals surface area (Å²) in [6.07, 6.45) is 0. The monoisotopic (exact) mass is 127 g/mol. The van der Waals surface area contributed by atoms with Crippen LogP contribution < -0.4 is 0 Å². The van der Waals surface area contributed by atoms with Gasteiger partial charge < -0.3 is 4.84 Å². The average molecular weight is 127 g/mol.